The lowest BCUT2D eigenvalue weighted by Gasteiger charge is -2.14. The van der Waals surface area contributed by atoms with Crippen LogP contribution in [0.4, 0.5) is 11.4 Å². The summed E-state index contributed by atoms with van der Waals surface area (Å²) in [5.74, 6) is -0.412. The number of phenols is 1. The molecule has 2 aliphatic heterocycles. The fourth-order valence-electron chi connectivity index (χ4n) is 2.56. The van der Waals surface area contributed by atoms with Crippen molar-refractivity contribution in [3.8, 4) is 5.75 Å². The van der Waals surface area contributed by atoms with E-state index in [-0.39, 0.29) is 11.7 Å². The molecule has 102 valence electrons. The molecule has 1 N–H and O–H groups in total. The zero-order valence-corrected chi connectivity index (χ0v) is 11.0. The molecule has 4 rings (SSSR count). The van der Waals surface area contributed by atoms with Gasteiger partial charge >= 0.3 is 0 Å². The van der Waals surface area contributed by atoms with E-state index in [4.69, 9.17) is 0 Å². The number of hydrogen-bond acceptors (Lipinski definition) is 4. The minimum atomic E-state index is -0.436. The van der Waals surface area contributed by atoms with Gasteiger partial charge in [0.05, 0.1) is 17.1 Å². The van der Waals surface area contributed by atoms with Gasteiger partial charge in [0, 0.05) is 11.8 Å². The van der Waals surface area contributed by atoms with Crippen LogP contribution in [0.15, 0.2) is 58.6 Å². The minimum Gasteiger partial charge on any atom is -0.508 e. The highest BCUT2D eigenvalue weighted by atomic mass is 16.3. The van der Waals surface area contributed by atoms with Crippen LogP contribution >= 0.6 is 0 Å². The van der Waals surface area contributed by atoms with E-state index in [9.17, 15) is 9.90 Å². The number of aromatic hydroxyl groups is 1. The molecule has 0 aliphatic carbocycles. The van der Waals surface area contributed by atoms with Crippen molar-refractivity contribution in [1.82, 2.24) is 0 Å². The Morgan fingerprint density at radius 3 is 2.62 bits per heavy atom. The highest BCUT2D eigenvalue weighted by Gasteiger charge is 2.38. The second-order valence-corrected chi connectivity index (χ2v) is 4.92. The Hall–Kier alpha value is -2.95. The van der Waals surface area contributed by atoms with Crippen LogP contribution in [0.5, 0.6) is 5.75 Å². The van der Waals surface area contributed by atoms with Gasteiger partial charge in [-0.3, -0.25) is 9.79 Å². The van der Waals surface area contributed by atoms with Crippen LogP contribution < -0.4 is 5.01 Å². The van der Waals surface area contributed by atoms with Crippen molar-refractivity contribution in [3.05, 3.63) is 54.1 Å². The summed E-state index contributed by atoms with van der Waals surface area (Å²) in [5.41, 5.74) is 3.07. The van der Waals surface area contributed by atoms with Crippen LogP contribution in [0.3, 0.4) is 0 Å². The van der Waals surface area contributed by atoms with Gasteiger partial charge in [-0.1, -0.05) is 18.2 Å². The van der Waals surface area contributed by atoms with Gasteiger partial charge in [-0.2, -0.15) is 10.1 Å². The van der Waals surface area contributed by atoms with Crippen LogP contribution in [0.1, 0.15) is 5.56 Å². The molecule has 2 aliphatic rings. The first-order valence-corrected chi connectivity index (χ1v) is 6.59. The van der Waals surface area contributed by atoms with Gasteiger partial charge < -0.3 is 5.11 Å². The molecular weight excluding hydrogens is 266 g/mol. The van der Waals surface area contributed by atoms with Crippen molar-refractivity contribution in [1.29, 1.82) is 0 Å². The Morgan fingerprint density at radius 1 is 1.05 bits per heavy atom. The van der Waals surface area contributed by atoms with Gasteiger partial charge in [-0.05, 0) is 30.3 Å². The molecule has 2 aromatic rings. The van der Waals surface area contributed by atoms with Crippen LogP contribution in [0, 0.1) is 5.92 Å². The summed E-state index contributed by atoms with van der Waals surface area (Å²) in [6.07, 6.45) is 1.64. The predicted molar refractivity (Wildman–Crippen MR) is 80.2 cm³/mol. The van der Waals surface area contributed by atoms with Crippen LogP contribution in [-0.4, -0.2) is 22.9 Å². The maximum Gasteiger partial charge on any atom is 0.262 e. The number of amides is 1. The number of hydrogen-bond donors (Lipinski definition) is 1. The van der Waals surface area contributed by atoms with Crippen molar-refractivity contribution in [3.63, 3.8) is 0 Å². The van der Waals surface area contributed by atoms with E-state index in [0.717, 1.165) is 17.0 Å². The fraction of sp³-hybridized carbons (Fsp3) is 0.0625. The lowest BCUT2D eigenvalue weighted by Crippen LogP contribution is -2.29. The molecular formula is C16H11N3O2. The van der Waals surface area contributed by atoms with Crippen molar-refractivity contribution < 1.29 is 9.90 Å². The molecule has 21 heavy (non-hydrogen) atoms. The molecule has 1 amide bonds. The molecule has 0 aromatic heterocycles. The lowest BCUT2D eigenvalue weighted by molar-refractivity contribution is -0.118. The number of rotatable bonds is 1. The smallest absolute Gasteiger partial charge is 0.262 e. The maximum atomic E-state index is 12.5. The summed E-state index contributed by atoms with van der Waals surface area (Å²) in [6, 6.07) is 14.0. The maximum absolute atomic E-state index is 12.5. The number of para-hydroxylation sites is 1. The quantitative estimate of drug-likeness (QED) is 0.870. The van der Waals surface area contributed by atoms with Gasteiger partial charge in [-0.15, -0.1) is 0 Å². The lowest BCUT2D eigenvalue weighted by atomic mass is 9.94. The topological polar surface area (TPSA) is 65.3 Å². The van der Waals surface area contributed by atoms with Gasteiger partial charge in [0.25, 0.3) is 5.91 Å². The molecule has 5 heteroatoms. The van der Waals surface area contributed by atoms with Crippen LogP contribution in [0.25, 0.3) is 0 Å². The summed E-state index contributed by atoms with van der Waals surface area (Å²) >= 11 is 0. The van der Waals surface area contributed by atoms with Crippen molar-refractivity contribution >= 4 is 29.2 Å². The molecule has 0 spiro atoms. The standard InChI is InChI=1S/C16H11N3O2/c20-11-7-5-10(6-8-11)19-16(21)13-9-17-14-4-2-1-3-12(14)15(13)18-19/h1-9,13,20H. The van der Waals surface area contributed by atoms with Crippen LogP contribution in [-0.2, 0) is 4.79 Å². The number of carbonyl (C=O) groups excluding carboxylic acids is 1. The third kappa shape index (κ3) is 1.74. The third-order valence-corrected chi connectivity index (χ3v) is 3.61. The second kappa shape index (κ2) is 4.28. The third-order valence-electron chi connectivity index (χ3n) is 3.61. The fourth-order valence-corrected chi connectivity index (χ4v) is 2.56. The molecule has 0 fully saturated rings. The molecule has 2 aromatic carbocycles. The van der Waals surface area contributed by atoms with E-state index in [0.29, 0.717) is 5.69 Å². The second-order valence-electron chi connectivity index (χ2n) is 4.92. The molecule has 0 saturated heterocycles. The Morgan fingerprint density at radius 2 is 1.81 bits per heavy atom. The highest BCUT2D eigenvalue weighted by molar-refractivity contribution is 6.31. The Balaban J connectivity index is 1.81. The van der Waals surface area contributed by atoms with E-state index in [2.05, 4.69) is 10.1 Å². The summed E-state index contributed by atoms with van der Waals surface area (Å²) in [7, 11) is 0. The number of benzene rings is 2. The molecule has 0 saturated carbocycles. The number of fused-ring (bicyclic) bond motifs is 3. The average Bonchev–Trinajstić information content (AvgIpc) is 2.86. The Kier molecular flexibility index (Phi) is 2.41. The zero-order valence-electron chi connectivity index (χ0n) is 11.0. The summed E-state index contributed by atoms with van der Waals surface area (Å²) < 4.78 is 0. The molecule has 0 radical (unpaired) electrons. The molecule has 5 nitrogen and oxygen atoms in total. The largest absolute Gasteiger partial charge is 0.508 e. The summed E-state index contributed by atoms with van der Waals surface area (Å²) in [5, 5.41) is 15.2. The number of phenolic OH excluding ortho intramolecular Hbond substituents is 1. The predicted octanol–water partition coefficient (Wildman–Crippen LogP) is 2.48. The molecule has 2 heterocycles. The first-order valence-electron chi connectivity index (χ1n) is 6.59. The summed E-state index contributed by atoms with van der Waals surface area (Å²) in [6.45, 7) is 0. The van der Waals surface area contributed by atoms with E-state index in [1.54, 1.807) is 18.3 Å². The first kappa shape index (κ1) is 11.8. The first-order chi connectivity index (χ1) is 10.2. The number of carbonyl (C=O) groups is 1. The van der Waals surface area contributed by atoms with Gasteiger partial charge in [0.2, 0.25) is 0 Å². The van der Waals surface area contributed by atoms with Crippen LogP contribution in [0.2, 0.25) is 0 Å². The minimum absolute atomic E-state index is 0.131. The normalized spacial score (nSPS) is 19.2. The Bertz CT molecular complexity index is 793. The Labute approximate surface area is 120 Å². The van der Waals surface area contributed by atoms with E-state index in [1.165, 1.54) is 17.1 Å². The molecule has 1 atom stereocenters. The van der Waals surface area contributed by atoms with Crippen molar-refractivity contribution in [2.24, 2.45) is 16.0 Å². The van der Waals surface area contributed by atoms with E-state index >= 15 is 0 Å². The number of aliphatic imine (C=N–C) groups is 1. The highest BCUT2D eigenvalue weighted by Crippen LogP contribution is 2.33. The number of hydrazone groups is 1. The average molecular weight is 277 g/mol. The number of anilines is 1. The number of nitrogens with zero attached hydrogens (tertiary/aromatic N) is 3. The molecule has 1 unspecified atom stereocenters. The summed E-state index contributed by atoms with van der Waals surface area (Å²) in [4.78, 5) is 16.8. The van der Waals surface area contributed by atoms with Gasteiger partial charge in [0.1, 0.15) is 11.7 Å². The SMILES string of the molecule is O=C1C2C=Nc3ccccc3C2=NN1c1ccc(O)cc1. The van der Waals surface area contributed by atoms with Gasteiger partial charge in [-0.25, -0.2) is 0 Å². The van der Waals surface area contributed by atoms with Crippen molar-refractivity contribution in [2.75, 3.05) is 5.01 Å². The van der Waals surface area contributed by atoms with Crippen molar-refractivity contribution in [2.45, 2.75) is 0 Å². The van der Waals surface area contributed by atoms with E-state index in [1.807, 2.05) is 24.3 Å². The van der Waals surface area contributed by atoms with Gasteiger partial charge in [0.15, 0.2) is 0 Å². The molecule has 0 bridgehead atoms. The zero-order chi connectivity index (χ0) is 14.4. The monoisotopic (exact) mass is 277 g/mol. The van der Waals surface area contributed by atoms with E-state index < -0.39 is 5.92 Å².